The zero-order valence-corrected chi connectivity index (χ0v) is 19.7. The van der Waals surface area contributed by atoms with Crippen LogP contribution in [0.4, 0.5) is 0 Å². The third-order valence-corrected chi connectivity index (χ3v) is 4.90. The molecule has 2 rings (SSSR count). The van der Waals surface area contributed by atoms with E-state index in [0.717, 1.165) is 18.9 Å². The molecule has 6 nitrogen and oxygen atoms in total. The predicted molar refractivity (Wildman–Crippen MR) is 127 cm³/mol. The molecule has 2 aromatic rings. The van der Waals surface area contributed by atoms with E-state index in [2.05, 4.69) is 45.4 Å². The number of ether oxygens (including phenoxy) is 1. The number of methoxy groups -OCH3 is 1. The summed E-state index contributed by atoms with van der Waals surface area (Å²) < 4.78 is 5.14. The van der Waals surface area contributed by atoms with Crippen molar-refractivity contribution in [1.82, 2.24) is 16.0 Å². The molecular formula is C20H29IN4O2S. The van der Waals surface area contributed by atoms with E-state index < -0.39 is 0 Å². The molecule has 28 heavy (non-hydrogen) atoms. The molecule has 1 aromatic carbocycles. The number of rotatable bonds is 9. The summed E-state index contributed by atoms with van der Waals surface area (Å²) >= 11 is 1.79. The van der Waals surface area contributed by atoms with Crippen LogP contribution in [0.2, 0.25) is 0 Å². The van der Waals surface area contributed by atoms with Gasteiger partial charge in [-0.2, -0.15) is 0 Å². The highest BCUT2D eigenvalue weighted by atomic mass is 127. The van der Waals surface area contributed by atoms with Crippen LogP contribution in [0.5, 0.6) is 5.75 Å². The molecule has 0 spiro atoms. The Labute approximate surface area is 188 Å². The van der Waals surface area contributed by atoms with Crippen LogP contribution in [0, 0.1) is 5.92 Å². The summed E-state index contributed by atoms with van der Waals surface area (Å²) in [6, 6.07) is 11.3. The molecule has 1 atom stereocenters. The molecular weight excluding hydrogens is 487 g/mol. The number of thiophene rings is 1. The molecule has 0 aliphatic carbocycles. The van der Waals surface area contributed by atoms with Crippen LogP contribution in [0.3, 0.4) is 0 Å². The van der Waals surface area contributed by atoms with Gasteiger partial charge in [0.2, 0.25) is 0 Å². The first-order valence-electron chi connectivity index (χ1n) is 9.01. The molecule has 0 radical (unpaired) electrons. The number of carbonyl (C=O) groups is 1. The highest BCUT2D eigenvalue weighted by molar-refractivity contribution is 14.0. The number of amides is 1. The topological polar surface area (TPSA) is 74.8 Å². The number of nitrogens with zero attached hydrogens (tertiary/aromatic N) is 1. The fourth-order valence-electron chi connectivity index (χ4n) is 2.56. The second-order valence-electron chi connectivity index (χ2n) is 6.26. The van der Waals surface area contributed by atoms with Gasteiger partial charge >= 0.3 is 0 Å². The molecule has 0 aliphatic heterocycles. The number of benzene rings is 1. The average molecular weight is 516 g/mol. The lowest BCUT2D eigenvalue weighted by Gasteiger charge is -2.16. The van der Waals surface area contributed by atoms with E-state index in [9.17, 15) is 4.79 Å². The van der Waals surface area contributed by atoms with Crippen LogP contribution in [0.15, 0.2) is 46.8 Å². The quantitative estimate of drug-likeness (QED) is 0.207. The molecule has 0 fully saturated rings. The number of hydrogen-bond donors (Lipinski definition) is 3. The SMILES string of the molecule is CN=C(NCCNC(=O)c1cccc(OC)c1)NCC(C)Cc1cccs1.I. The maximum absolute atomic E-state index is 12.2. The lowest BCUT2D eigenvalue weighted by atomic mass is 10.1. The van der Waals surface area contributed by atoms with E-state index >= 15 is 0 Å². The Hall–Kier alpha value is -1.81. The monoisotopic (exact) mass is 516 g/mol. The van der Waals surface area contributed by atoms with Gasteiger partial charge in [-0.25, -0.2) is 0 Å². The van der Waals surface area contributed by atoms with Crippen LogP contribution < -0.4 is 20.7 Å². The normalized spacial score (nSPS) is 11.9. The van der Waals surface area contributed by atoms with Crippen molar-refractivity contribution >= 4 is 47.2 Å². The van der Waals surface area contributed by atoms with Crippen molar-refractivity contribution in [2.45, 2.75) is 13.3 Å². The number of aliphatic imine (C=N–C) groups is 1. The maximum Gasteiger partial charge on any atom is 0.251 e. The Kier molecular flexibility index (Phi) is 11.6. The number of nitrogens with one attached hydrogen (secondary N) is 3. The summed E-state index contributed by atoms with van der Waals surface area (Å²) in [4.78, 5) is 17.8. The summed E-state index contributed by atoms with van der Waals surface area (Å²) in [6.07, 6.45) is 1.05. The third-order valence-electron chi connectivity index (χ3n) is 4.01. The van der Waals surface area contributed by atoms with E-state index in [-0.39, 0.29) is 29.9 Å². The Morgan fingerprint density at radius 1 is 1.18 bits per heavy atom. The molecule has 8 heteroatoms. The minimum absolute atomic E-state index is 0. The van der Waals surface area contributed by atoms with Crippen molar-refractivity contribution < 1.29 is 9.53 Å². The smallest absolute Gasteiger partial charge is 0.251 e. The van der Waals surface area contributed by atoms with Crippen LogP contribution in [-0.4, -0.2) is 45.7 Å². The van der Waals surface area contributed by atoms with Crippen molar-refractivity contribution in [2.75, 3.05) is 33.8 Å². The average Bonchev–Trinajstić information content (AvgIpc) is 3.20. The maximum atomic E-state index is 12.2. The zero-order chi connectivity index (χ0) is 19.5. The first kappa shape index (κ1) is 24.2. The van der Waals surface area contributed by atoms with Gasteiger partial charge in [-0.3, -0.25) is 9.79 Å². The van der Waals surface area contributed by atoms with E-state index in [1.807, 2.05) is 6.07 Å². The van der Waals surface area contributed by atoms with Gasteiger partial charge in [0.1, 0.15) is 5.75 Å². The summed E-state index contributed by atoms with van der Waals surface area (Å²) in [5, 5.41) is 11.5. The molecule has 1 unspecified atom stereocenters. The van der Waals surface area contributed by atoms with Crippen molar-refractivity contribution in [3.8, 4) is 5.75 Å². The molecule has 0 saturated carbocycles. The fraction of sp³-hybridized carbons (Fsp3) is 0.400. The Balaban J connectivity index is 0.00000392. The van der Waals surface area contributed by atoms with Gasteiger partial charge in [-0.1, -0.05) is 19.1 Å². The van der Waals surface area contributed by atoms with Gasteiger partial charge in [0.05, 0.1) is 7.11 Å². The number of carbonyl (C=O) groups excluding carboxylic acids is 1. The molecule has 3 N–H and O–H groups in total. The van der Waals surface area contributed by atoms with Gasteiger partial charge in [0.15, 0.2) is 5.96 Å². The third kappa shape index (κ3) is 8.47. The van der Waals surface area contributed by atoms with E-state index in [1.54, 1.807) is 43.7 Å². The highest BCUT2D eigenvalue weighted by Gasteiger charge is 2.07. The van der Waals surface area contributed by atoms with Crippen LogP contribution in [0.25, 0.3) is 0 Å². The van der Waals surface area contributed by atoms with Gasteiger partial charge in [-0.05, 0) is 42.0 Å². The van der Waals surface area contributed by atoms with Crippen LogP contribution in [0.1, 0.15) is 22.2 Å². The van der Waals surface area contributed by atoms with E-state index in [0.29, 0.717) is 30.3 Å². The fourth-order valence-corrected chi connectivity index (χ4v) is 3.43. The second kappa shape index (κ2) is 13.4. The summed E-state index contributed by atoms with van der Waals surface area (Å²) in [5.41, 5.74) is 0.583. The highest BCUT2D eigenvalue weighted by Crippen LogP contribution is 2.14. The Bertz CT molecular complexity index is 738. The number of guanidine groups is 1. The molecule has 1 heterocycles. The van der Waals surface area contributed by atoms with Crippen molar-refractivity contribution in [3.63, 3.8) is 0 Å². The molecule has 0 aliphatic rings. The van der Waals surface area contributed by atoms with E-state index in [4.69, 9.17) is 4.74 Å². The number of halogens is 1. The lowest BCUT2D eigenvalue weighted by Crippen LogP contribution is -2.43. The summed E-state index contributed by atoms with van der Waals surface area (Å²) in [5.74, 6) is 1.80. The number of hydrogen-bond acceptors (Lipinski definition) is 4. The van der Waals surface area contributed by atoms with Gasteiger partial charge in [0, 0.05) is 37.1 Å². The standard InChI is InChI=1S/C20H28N4O2S.HI/c1-15(12-18-8-5-11-27-18)14-24-20(21-2)23-10-9-22-19(25)16-6-4-7-17(13-16)26-3;/h4-8,11,13,15H,9-10,12,14H2,1-3H3,(H,22,25)(H2,21,23,24);1H. The first-order valence-corrected chi connectivity index (χ1v) is 9.89. The summed E-state index contributed by atoms with van der Waals surface area (Å²) in [6.45, 7) is 4.15. The second-order valence-corrected chi connectivity index (χ2v) is 7.29. The largest absolute Gasteiger partial charge is 0.497 e. The molecule has 154 valence electrons. The predicted octanol–water partition coefficient (Wildman–Crippen LogP) is 3.15. The van der Waals surface area contributed by atoms with Crippen LogP contribution >= 0.6 is 35.3 Å². The van der Waals surface area contributed by atoms with Gasteiger partial charge < -0.3 is 20.7 Å². The minimum Gasteiger partial charge on any atom is -0.497 e. The first-order chi connectivity index (χ1) is 13.1. The molecule has 0 saturated heterocycles. The lowest BCUT2D eigenvalue weighted by molar-refractivity contribution is 0.0954. The van der Waals surface area contributed by atoms with Gasteiger partial charge in [-0.15, -0.1) is 35.3 Å². The van der Waals surface area contributed by atoms with Crippen molar-refractivity contribution in [3.05, 3.63) is 52.2 Å². The minimum atomic E-state index is -0.122. The molecule has 1 aromatic heterocycles. The molecule has 0 bridgehead atoms. The Morgan fingerprint density at radius 3 is 2.64 bits per heavy atom. The van der Waals surface area contributed by atoms with E-state index in [1.165, 1.54) is 4.88 Å². The summed E-state index contributed by atoms with van der Waals surface area (Å²) in [7, 11) is 3.33. The van der Waals surface area contributed by atoms with Crippen LogP contribution in [-0.2, 0) is 6.42 Å². The van der Waals surface area contributed by atoms with Crippen molar-refractivity contribution in [2.24, 2.45) is 10.9 Å². The van der Waals surface area contributed by atoms with Gasteiger partial charge in [0.25, 0.3) is 5.91 Å². The zero-order valence-electron chi connectivity index (χ0n) is 16.5. The molecule has 1 amide bonds. The van der Waals surface area contributed by atoms with Crippen molar-refractivity contribution in [1.29, 1.82) is 0 Å². The Morgan fingerprint density at radius 2 is 1.96 bits per heavy atom.